The molecule has 0 aliphatic heterocycles. The van der Waals surface area contributed by atoms with Crippen molar-refractivity contribution in [3.8, 4) is 11.5 Å². The fourth-order valence-corrected chi connectivity index (χ4v) is 3.59. The minimum absolute atomic E-state index is 0.00454. The molecule has 1 amide bonds. The Morgan fingerprint density at radius 2 is 1.50 bits per heavy atom. The summed E-state index contributed by atoms with van der Waals surface area (Å²) >= 11 is 0. The van der Waals surface area contributed by atoms with E-state index in [1.807, 2.05) is 0 Å². The summed E-state index contributed by atoms with van der Waals surface area (Å²) in [7, 11) is -2.35. The molecule has 3 rings (SSSR count). The standard InChI is InChI=1S/C21H19FN2O5S/c1-28-19-4-2-3-5-20(19)29-14-21(25)23-16-10-12-18(13-11-16)30(26,27)24-17-8-6-15(22)7-9-17/h2-13,24H,14H2,1H3,(H,23,25). The quantitative estimate of drug-likeness (QED) is 0.569. The molecule has 30 heavy (non-hydrogen) atoms. The predicted octanol–water partition coefficient (Wildman–Crippen LogP) is 3.65. The number of sulfonamides is 1. The highest BCUT2D eigenvalue weighted by Gasteiger charge is 2.15. The van der Waals surface area contributed by atoms with Crippen LogP contribution < -0.4 is 19.5 Å². The van der Waals surface area contributed by atoms with Crippen LogP contribution in [0.5, 0.6) is 11.5 Å². The number of benzene rings is 3. The van der Waals surface area contributed by atoms with E-state index in [2.05, 4.69) is 10.0 Å². The van der Waals surface area contributed by atoms with E-state index in [1.54, 1.807) is 24.3 Å². The van der Waals surface area contributed by atoms with E-state index in [0.29, 0.717) is 17.2 Å². The molecule has 0 aliphatic carbocycles. The van der Waals surface area contributed by atoms with Gasteiger partial charge in [0.05, 0.1) is 12.0 Å². The maximum atomic E-state index is 13.0. The molecule has 7 nitrogen and oxygen atoms in total. The molecule has 3 aromatic carbocycles. The molecule has 0 bridgehead atoms. The lowest BCUT2D eigenvalue weighted by atomic mass is 10.3. The van der Waals surface area contributed by atoms with Gasteiger partial charge in [-0.25, -0.2) is 12.8 Å². The Morgan fingerprint density at radius 1 is 0.900 bits per heavy atom. The zero-order chi connectivity index (χ0) is 21.6. The van der Waals surface area contributed by atoms with Crippen LogP contribution >= 0.6 is 0 Å². The number of amides is 1. The molecule has 0 atom stereocenters. The largest absolute Gasteiger partial charge is 0.493 e. The van der Waals surface area contributed by atoms with Gasteiger partial charge in [-0.1, -0.05) is 12.1 Å². The SMILES string of the molecule is COc1ccccc1OCC(=O)Nc1ccc(S(=O)(=O)Nc2ccc(F)cc2)cc1. The number of para-hydroxylation sites is 2. The van der Waals surface area contributed by atoms with Crippen molar-refractivity contribution < 1.29 is 27.1 Å². The molecule has 0 aromatic heterocycles. The summed E-state index contributed by atoms with van der Waals surface area (Å²) in [5.74, 6) is 0.0608. The topological polar surface area (TPSA) is 93.7 Å². The lowest BCUT2D eigenvalue weighted by molar-refractivity contribution is -0.118. The third kappa shape index (κ3) is 5.48. The number of carbonyl (C=O) groups excluding carboxylic acids is 1. The summed E-state index contributed by atoms with van der Waals surface area (Å²) in [6.07, 6.45) is 0. The van der Waals surface area contributed by atoms with Crippen LogP contribution in [0.3, 0.4) is 0 Å². The van der Waals surface area contributed by atoms with Gasteiger partial charge in [-0.15, -0.1) is 0 Å². The molecule has 3 aromatic rings. The van der Waals surface area contributed by atoms with E-state index in [4.69, 9.17) is 9.47 Å². The number of hydrogen-bond acceptors (Lipinski definition) is 5. The first-order valence-electron chi connectivity index (χ1n) is 8.81. The Kier molecular flexibility index (Phi) is 6.53. The third-order valence-electron chi connectivity index (χ3n) is 3.97. The molecule has 0 saturated heterocycles. The van der Waals surface area contributed by atoms with E-state index >= 15 is 0 Å². The van der Waals surface area contributed by atoms with Gasteiger partial charge in [0.2, 0.25) is 0 Å². The molecule has 0 spiro atoms. The highest BCUT2D eigenvalue weighted by molar-refractivity contribution is 7.92. The summed E-state index contributed by atoms with van der Waals surface area (Å²) in [4.78, 5) is 12.1. The Labute approximate surface area is 173 Å². The second kappa shape index (κ2) is 9.27. The van der Waals surface area contributed by atoms with Crippen LogP contribution in [0.25, 0.3) is 0 Å². The zero-order valence-corrected chi connectivity index (χ0v) is 16.8. The number of carbonyl (C=O) groups is 1. The first-order chi connectivity index (χ1) is 14.4. The number of anilines is 2. The average Bonchev–Trinajstić information content (AvgIpc) is 2.74. The Balaban J connectivity index is 1.59. The van der Waals surface area contributed by atoms with E-state index in [0.717, 1.165) is 12.1 Å². The van der Waals surface area contributed by atoms with Crippen molar-refractivity contribution in [2.24, 2.45) is 0 Å². The van der Waals surface area contributed by atoms with Gasteiger partial charge in [0.25, 0.3) is 15.9 Å². The predicted molar refractivity (Wildman–Crippen MR) is 111 cm³/mol. The van der Waals surface area contributed by atoms with Crippen molar-refractivity contribution in [1.82, 2.24) is 0 Å². The second-order valence-corrected chi connectivity index (χ2v) is 7.81. The fourth-order valence-electron chi connectivity index (χ4n) is 2.53. The van der Waals surface area contributed by atoms with Crippen LogP contribution in [0.4, 0.5) is 15.8 Å². The molecule has 0 saturated carbocycles. The Morgan fingerprint density at radius 3 is 2.13 bits per heavy atom. The van der Waals surface area contributed by atoms with Crippen molar-refractivity contribution in [2.75, 3.05) is 23.8 Å². The van der Waals surface area contributed by atoms with Crippen LogP contribution in [0.1, 0.15) is 0 Å². The molecule has 0 heterocycles. The number of rotatable bonds is 8. The van der Waals surface area contributed by atoms with Gasteiger partial charge in [0.15, 0.2) is 18.1 Å². The number of halogens is 1. The maximum Gasteiger partial charge on any atom is 0.262 e. The lowest BCUT2D eigenvalue weighted by Gasteiger charge is -2.11. The molecule has 0 unspecified atom stereocenters. The van der Waals surface area contributed by atoms with Crippen LogP contribution in [-0.4, -0.2) is 28.0 Å². The fraction of sp³-hybridized carbons (Fsp3) is 0.0952. The first kappa shape index (κ1) is 21.1. The minimum atomic E-state index is -3.85. The minimum Gasteiger partial charge on any atom is -0.493 e. The molecule has 0 aliphatic rings. The molecular formula is C21H19FN2O5S. The molecule has 0 radical (unpaired) electrons. The van der Waals surface area contributed by atoms with E-state index < -0.39 is 21.7 Å². The molecular weight excluding hydrogens is 411 g/mol. The summed E-state index contributed by atoms with van der Waals surface area (Å²) in [5.41, 5.74) is 0.645. The summed E-state index contributed by atoms with van der Waals surface area (Å²) < 4.78 is 50.7. The van der Waals surface area contributed by atoms with Crippen LogP contribution in [0.2, 0.25) is 0 Å². The van der Waals surface area contributed by atoms with Crippen molar-refractivity contribution in [3.63, 3.8) is 0 Å². The molecule has 9 heteroatoms. The van der Waals surface area contributed by atoms with Crippen molar-refractivity contribution >= 4 is 27.3 Å². The maximum absolute atomic E-state index is 13.0. The molecule has 156 valence electrons. The van der Waals surface area contributed by atoms with Crippen LogP contribution in [0, 0.1) is 5.82 Å². The van der Waals surface area contributed by atoms with Gasteiger partial charge in [0.1, 0.15) is 5.82 Å². The summed E-state index contributed by atoms with van der Waals surface area (Å²) in [5, 5.41) is 2.62. The summed E-state index contributed by atoms with van der Waals surface area (Å²) in [6.45, 7) is -0.244. The molecule has 2 N–H and O–H groups in total. The van der Waals surface area contributed by atoms with E-state index in [-0.39, 0.29) is 17.2 Å². The Bertz CT molecular complexity index is 1120. The van der Waals surface area contributed by atoms with Gasteiger partial charge in [-0.3, -0.25) is 9.52 Å². The average molecular weight is 430 g/mol. The van der Waals surface area contributed by atoms with Gasteiger partial charge in [0, 0.05) is 11.4 Å². The van der Waals surface area contributed by atoms with Crippen molar-refractivity contribution in [2.45, 2.75) is 4.90 Å². The van der Waals surface area contributed by atoms with Crippen molar-refractivity contribution in [1.29, 1.82) is 0 Å². The highest BCUT2D eigenvalue weighted by atomic mass is 32.2. The van der Waals surface area contributed by atoms with E-state index in [9.17, 15) is 17.6 Å². The number of methoxy groups -OCH3 is 1. The molecule has 0 fully saturated rings. The normalized spacial score (nSPS) is 10.9. The first-order valence-corrected chi connectivity index (χ1v) is 10.3. The van der Waals surface area contributed by atoms with Gasteiger partial charge in [-0.05, 0) is 60.7 Å². The second-order valence-electron chi connectivity index (χ2n) is 6.12. The number of nitrogens with one attached hydrogen (secondary N) is 2. The van der Waals surface area contributed by atoms with Crippen LogP contribution in [-0.2, 0) is 14.8 Å². The number of ether oxygens (including phenoxy) is 2. The summed E-state index contributed by atoms with van der Waals surface area (Å²) in [6, 6.07) is 17.5. The van der Waals surface area contributed by atoms with Crippen LogP contribution in [0.15, 0.2) is 77.7 Å². The smallest absolute Gasteiger partial charge is 0.262 e. The van der Waals surface area contributed by atoms with Gasteiger partial charge >= 0.3 is 0 Å². The number of hydrogen-bond donors (Lipinski definition) is 2. The monoisotopic (exact) mass is 430 g/mol. The van der Waals surface area contributed by atoms with Crippen molar-refractivity contribution in [3.05, 3.63) is 78.6 Å². The van der Waals surface area contributed by atoms with Gasteiger partial charge < -0.3 is 14.8 Å². The van der Waals surface area contributed by atoms with Gasteiger partial charge in [-0.2, -0.15) is 0 Å². The lowest BCUT2D eigenvalue weighted by Crippen LogP contribution is -2.20. The third-order valence-corrected chi connectivity index (χ3v) is 5.37. The zero-order valence-electron chi connectivity index (χ0n) is 16.0. The Hall–Kier alpha value is -3.59. The van der Waals surface area contributed by atoms with E-state index in [1.165, 1.54) is 43.5 Å². The highest BCUT2D eigenvalue weighted by Crippen LogP contribution is 2.25.